The molecular formula is C22H30N6O3. The first kappa shape index (κ1) is 20.3. The van der Waals surface area contributed by atoms with E-state index >= 15 is 0 Å². The van der Waals surface area contributed by atoms with Gasteiger partial charge in [-0.3, -0.25) is 10.00 Å². The summed E-state index contributed by atoms with van der Waals surface area (Å²) in [6.45, 7) is 6.55. The fourth-order valence-electron chi connectivity index (χ4n) is 4.17. The van der Waals surface area contributed by atoms with Crippen LogP contribution in [0.2, 0.25) is 0 Å². The number of hydrogen-bond acceptors (Lipinski definition) is 8. The van der Waals surface area contributed by atoms with Gasteiger partial charge in [-0.15, -0.1) is 0 Å². The lowest BCUT2D eigenvalue weighted by molar-refractivity contribution is -0.0879. The van der Waals surface area contributed by atoms with E-state index in [4.69, 9.17) is 4.74 Å². The molecule has 2 aliphatic heterocycles. The van der Waals surface area contributed by atoms with Crippen molar-refractivity contribution in [2.24, 2.45) is 4.99 Å². The molecule has 1 aromatic carbocycles. The number of aliphatic hydroxyl groups is 2. The maximum absolute atomic E-state index is 10.1. The Bertz CT molecular complexity index is 1000. The summed E-state index contributed by atoms with van der Waals surface area (Å²) in [7, 11) is 0. The van der Waals surface area contributed by atoms with Crippen molar-refractivity contribution in [3.8, 4) is 5.75 Å². The van der Waals surface area contributed by atoms with Crippen molar-refractivity contribution >= 4 is 17.2 Å². The highest BCUT2D eigenvalue weighted by atomic mass is 16.5. The minimum absolute atomic E-state index is 0.0239. The molecule has 0 amide bonds. The molecule has 31 heavy (non-hydrogen) atoms. The van der Waals surface area contributed by atoms with Gasteiger partial charge in [0.25, 0.3) is 0 Å². The minimum atomic E-state index is -0.829. The van der Waals surface area contributed by atoms with Gasteiger partial charge in [0, 0.05) is 31.6 Å². The van der Waals surface area contributed by atoms with Gasteiger partial charge >= 0.3 is 0 Å². The number of piperazine rings is 1. The molecule has 3 atom stereocenters. The predicted octanol–water partition coefficient (Wildman–Crippen LogP) is 1.32. The fourth-order valence-corrected chi connectivity index (χ4v) is 4.17. The first-order chi connectivity index (χ1) is 14.9. The molecule has 1 saturated heterocycles. The normalized spacial score (nSPS) is 25.1. The zero-order valence-corrected chi connectivity index (χ0v) is 18.0. The molecule has 2 aromatic rings. The summed E-state index contributed by atoms with van der Waals surface area (Å²) in [4.78, 5) is 8.63. The van der Waals surface area contributed by atoms with Gasteiger partial charge in [-0.1, -0.05) is 0 Å². The maximum atomic E-state index is 10.1. The van der Waals surface area contributed by atoms with Crippen LogP contribution in [0.5, 0.6) is 5.75 Å². The first-order valence-electron chi connectivity index (χ1n) is 10.9. The van der Waals surface area contributed by atoms with Gasteiger partial charge in [0.1, 0.15) is 23.4 Å². The molecule has 2 fully saturated rings. The van der Waals surface area contributed by atoms with Crippen LogP contribution >= 0.6 is 0 Å². The van der Waals surface area contributed by atoms with Gasteiger partial charge in [0.2, 0.25) is 0 Å². The fraction of sp³-hybridized carbons (Fsp3) is 0.545. The Hall–Kier alpha value is -2.62. The topological polar surface area (TPSA) is 109 Å². The van der Waals surface area contributed by atoms with Gasteiger partial charge in [0.05, 0.1) is 29.7 Å². The Morgan fingerprint density at radius 3 is 2.68 bits per heavy atom. The summed E-state index contributed by atoms with van der Waals surface area (Å²) in [6, 6.07) is 5.97. The molecular weight excluding hydrogens is 396 g/mol. The lowest BCUT2D eigenvalue weighted by Crippen LogP contribution is -2.53. The van der Waals surface area contributed by atoms with E-state index in [1.807, 2.05) is 17.0 Å². The number of aromatic amines is 1. The van der Waals surface area contributed by atoms with Crippen molar-refractivity contribution in [3.05, 3.63) is 35.8 Å². The molecule has 0 bridgehead atoms. The van der Waals surface area contributed by atoms with E-state index in [0.29, 0.717) is 13.1 Å². The zero-order valence-electron chi connectivity index (χ0n) is 18.0. The van der Waals surface area contributed by atoms with Crippen molar-refractivity contribution in [1.82, 2.24) is 25.3 Å². The number of ether oxygens (including phenoxy) is 1. The third-order valence-corrected chi connectivity index (χ3v) is 6.39. The molecule has 3 heterocycles. The molecule has 1 unspecified atom stereocenters. The quantitative estimate of drug-likeness (QED) is 0.552. The van der Waals surface area contributed by atoms with Gasteiger partial charge in [-0.05, 0) is 51.0 Å². The Morgan fingerprint density at radius 1 is 1.19 bits per heavy atom. The summed E-state index contributed by atoms with van der Waals surface area (Å²) >= 11 is 0. The molecule has 1 aromatic heterocycles. The Labute approximate surface area is 181 Å². The smallest absolute Gasteiger partial charge is 0.133 e. The summed E-state index contributed by atoms with van der Waals surface area (Å²) in [5.74, 6) is 1.76. The van der Waals surface area contributed by atoms with E-state index in [0.717, 1.165) is 54.1 Å². The van der Waals surface area contributed by atoms with E-state index in [1.165, 1.54) is 0 Å². The number of H-pyrrole nitrogens is 1. The van der Waals surface area contributed by atoms with E-state index in [9.17, 15) is 10.2 Å². The highest BCUT2D eigenvalue weighted by molar-refractivity contribution is 5.84. The van der Waals surface area contributed by atoms with Gasteiger partial charge < -0.3 is 25.2 Å². The van der Waals surface area contributed by atoms with Crippen LogP contribution in [0.1, 0.15) is 38.4 Å². The van der Waals surface area contributed by atoms with Crippen molar-refractivity contribution in [1.29, 1.82) is 0 Å². The lowest BCUT2D eigenvalue weighted by atomic mass is 10.1. The molecule has 3 aliphatic rings. The third kappa shape index (κ3) is 4.13. The number of rotatable bonds is 6. The number of fused-ring (bicyclic) bond motifs is 1. The summed E-state index contributed by atoms with van der Waals surface area (Å²) < 4.78 is 6.14. The van der Waals surface area contributed by atoms with Crippen LogP contribution in [0, 0.1) is 0 Å². The van der Waals surface area contributed by atoms with Gasteiger partial charge in [0.15, 0.2) is 0 Å². The molecule has 1 saturated carbocycles. The largest absolute Gasteiger partial charge is 0.488 e. The summed E-state index contributed by atoms with van der Waals surface area (Å²) in [5, 5.41) is 31.8. The van der Waals surface area contributed by atoms with Crippen LogP contribution < -0.4 is 10.1 Å². The number of aliphatic hydroxyl groups excluding tert-OH is 2. The second-order valence-corrected chi connectivity index (χ2v) is 8.97. The summed E-state index contributed by atoms with van der Waals surface area (Å²) in [6.07, 6.45) is 4.41. The highest BCUT2D eigenvalue weighted by Gasteiger charge is 2.40. The minimum Gasteiger partial charge on any atom is -0.488 e. The molecule has 166 valence electrons. The average Bonchev–Trinajstić information content (AvgIpc) is 3.35. The van der Waals surface area contributed by atoms with E-state index in [1.54, 1.807) is 13.3 Å². The van der Waals surface area contributed by atoms with Crippen LogP contribution in [-0.4, -0.2) is 80.7 Å². The standard InChI is InChI=1S/C22H30N6O3/c1-14(29)21(30)28-9-7-27(8-10-28)19-12-18(23-13-24-19)20-16-11-15(31-22(2)5-6-22)3-4-17(16)25-26-20/h3-4,11-14,18,21,29-30H,5-10H2,1-2H3,(H,23,24)(H,25,26)/t14?,18-,21+/m1/s1. The molecule has 0 spiro atoms. The van der Waals surface area contributed by atoms with Crippen LogP contribution in [0.25, 0.3) is 10.9 Å². The Balaban J connectivity index is 1.33. The Kier molecular flexibility index (Phi) is 5.11. The van der Waals surface area contributed by atoms with Gasteiger partial charge in [-0.25, -0.2) is 4.99 Å². The second-order valence-electron chi connectivity index (χ2n) is 8.97. The van der Waals surface area contributed by atoms with E-state index < -0.39 is 12.3 Å². The molecule has 0 radical (unpaired) electrons. The van der Waals surface area contributed by atoms with Crippen LogP contribution in [-0.2, 0) is 0 Å². The molecule has 4 N–H and O–H groups in total. The van der Waals surface area contributed by atoms with Crippen molar-refractivity contribution in [2.45, 2.75) is 50.7 Å². The number of nitrogens with zero attached hydrogens (tertiary/aromatic N) is 4. The third-order valence-electron chi connectivity index (χ3n) is 6.39. The number of aromatic nitrogens is 2. The van der Waals surface area contributed by atoms with Crippen molar-refractivity contribution < 1.29 is 14.9 Å². The molecule has 1 aliphatic carbocycles. The van der Waals surface area contributed by atoms with Crippen molar-refractivity contribution in [2.75, 3.05) is 26.2 Å². The SMILES string of the molecule is CC(O)[C@H](O)N1CCN(C2=C[C@H](c3n[nH]c4ccc(OC5(C)CC5)cc34)NC=N2)CC1. The zero-order chi connectivity index (χ0) is 21.6. The van der Waals surface area contributed by atoms with E-state index in [-0.39, 0.29) is 11.6 Å². The van der Waals surface area contributed by atoms with Crippen LogP contribution in [0.15, 0.2) is 35.1 Å². The Morgan fingerprint density at radius 2 is 1.97 bits per heavy atom. The molecule has 9 nitrogen and oxygen atoms in total. The monoisotopic (exact) mass is 426 g/mol. The van der Waals surface area contributed by atoms with Gasteiger partial charge in [-0.2, -0.15) is 5.10 Å². The number of benzene rings is 1. The summed E-state index contributed by atoms with van der Waals surface area (Å²) in [5.41, 5.74) is 1.86. The van der Waals surface area contributed by atoms with Crippen molar-refractivity contribution in [3.63, 3.8) is 0 Å². The molecule has 9 heteroatoms. The van der Waals surface area contributed by atoms with Crippen LogP contribution in [0.3, 0.4) is 0 Å². The van der Waals surface area contributed by atoms with Crippen LogP contribution in [0.4, 0.5) is 0 Å². The average molecular weight is 427 g/mol. The lowest BCUT2D eigenvalue weighted by Gasteiger charge is -2.39. The number of nitrogens with one attached hydrogen (secondary N) is 2. The predicted molar refractivity (Wildman–Crippen MR) is 118 cm³/mol. The number of aliphatic imine (C=N–C) groups is 1. The van der Waals surface area contributed by atoms with E-state index in [2.05, 4.69) is 44.5 Å². The maximum Gasteiger partial charge on any atom is 0.133 e. The second kappa shape index (κ2) is 7.81. The molecule has 5 rings (SSSR count). The highest BCUT2D eigenvalue weighted by Crippen LogP contribution is 2.40. The first-order valence-corrected chi connectivity index (χ1v) is 10.9. The number of hydrogen-bond donors (Lipinski definition) is 4.